The third kappa shape index (κ3) is 2.99. The second kappa shape index (κ2) is 6.34. The number of hydrogen-bond acceptors (Lipinski definition) is 3. The van der Waals surface area contributed by atoms with Gasteiger partial charge in [0, 0.05) is 0 Å². The molecule has 5 nitrogen and oxygen atoms in total. The predicted octanol–water partition coefficient (Wildman–Crippen LogP) is 2.88. The molecule has 2 aliphatic rings. The second-order valence-corrected chi connectivity index (χ2v) is 6.38. The predicted molar refractivity (Wildman–Crippen MR) is 87.2 cm³/mol. The normalized spacial score (nSPS) is 23.1. The Morgan fingerprint density at radius 1 is 1.09 bits per heavy atom. The van der Waals surface area contributed by atoms with Gasteiger partial charge in [-0.3, -0.25) is 19.3 Å². The SMILES string of the molecule is O=C(CN1C(=O)[C@H]2CC=CC[C@@H]2C1=O)Nc1c(Cl)cccc1Cl. The van der Waals surface area contributed by atoms with Crippen LogP contribution in [-0.4, -0.2) is 29.2 Å². The molecule has 2 atom stereocenters. The number of imide groups is 1. The molecular formula is C16H14Cl2N2O3. The Bertz CT molecular complexity index is 671. The fourth-order valence-electron chi connectivity index (χ4n) is 2.96. The number of halogens is 2. The van der Waals surface area contributed by atoms with Crippen LogP contribution in [-0.2, 0) is 14.4 Å². The van der Waals surface area contributed by atoms with Gasteiger partial charge in [-0.1, -0.05) is 41.4 Å². The highest BCUT2D eigenvalue weighted by atomic mass is 35.5. The van der Waals surface area contributed by atoms with Crippen molar-refractivity contribution in [3.63, 3.8) is 0 Å². The lowest BCUT2D eigenvalue weighted by Gasteiger charge is -2.15. The molecule has 23 heavy (non-hydrogen) atoms. The summed E-state index contributed by atoms with van der Waals surface area (Å²) in [5.41, 5.74) is 0.277. The summed E-state index contributed by atoms with van der Waals surface area (Å²) >= 11 is 12.0. The van der Waals surface area contributed by atoms with Gasteiger partial charge in [0.25, 0.3) is 0 Å². The molecule has 0 unspecified atom stereocenters. The molecule has 3 amide bonds. The summed E-state index contributed by atoms with van der Waals surface area (Å²) in [4.78, 5) is 37.8. The van der Waals surface area contributed by atoms with Crippen molar-refractivity contribution in [1.82, 2.24) is 4.90 Å². The van der Waals surface area contributed by atoms with Crippen LogP contribution >= 0.6 is 23.2 Å². The van der Waals surface area contributed by atoms with Crippen LogP contribution in [0, 0.1) is 11.8 Å². The zero-order valence-electron chi connectivity index (χ0n) is 12.1. The van der Waals surface area contributed by atoms with Crippen molar-refractivity contribution in [2.45, 2.75) is 12.8 Å². The number of benzene rings is 1. The van der Waals surface area contributed by atoms with Gasteiger partial charge in [-0.15, -0.1) is 0 Å². The Labute approximate surface area is 143 Å². The van der Waals surface area contributed by atoms with Gasteiger partial charge in [-0.05, 0) is 25.0 Å². The Morgan fingerprint density at radius 2 is 1.61 bits per heavy atom. The summed E-state index contributed by atoms with van der Waals surface area (Å²) in [7, 11) is 0. The van der Waals surface area contributed by atoms with Crippen molar-refractivity contribution < 1.29 is 14.4 Å². The number of anilines is 1. The second-order valence-electron chi connectivity index (χ2n) is 5.56. The number of allylic oxidation sites excluding steroid dienone is 2. The largest absolute Gasteiger partial charge is 0.322 e. The van der Waals surface area contributed by atoms with E-state index in [4.69, 9.17) is 23.2 Å². The molecule has 1 saturated heterocycles. The Morgan fingerprint density at radius 3 is 2.13 bits per heavy atom. The highest BCUT2D eigenvalue weighted by Gasteiger charge is 2.47. The van der Waals surface area contributed by atoms with Crippen LogP contribution in [0.25, 0.3) is 0 Å². The fourth-order valence-corrected chi connectivity index (χ4v) is 3.46. The summed E-state index contributed by atoms with van der Waals surface area (Å²) in [6.07, 6.45) is 4.90. The van der Waals surface area contributed by atoms with Crippen LogP contribution in [0.3, 0.4) is 0 Å². The summed E-state index contributed by atoms with van der Waals surface area (Å²) in [6, 6.07) is 4.84. The maximum atomic E-state index is 12.3. The number of nitrogens with zero attached hydrogens (tertiary/aromatic N) is 1. The number of amides is 3. The van der Waals surface area contributed by atoms with Crippen LogP contribution in [0.2, 0.25) is 10.0 Å². The number of nitrogens with one attached hydrogen (secondary N) is 1. The molecule has 0 spiro atoms. The van der Waals surface area contributed by atoms with Gasteiger partial charge in [0.05, 0.1) is 27.6 Å². The highest BCUT2D eigenvalue weighted by Crippen LogP contribution is 2.35. The van der Waals surface area contributed by atoms with Gasteiger partial charge in [0.1, 0.15) is 6.54 Å². The zero-order valence-corrected chi connectivity index (χ0v) is 13.6. The standard InChI is InChI=1S/C16H14Cl2N2O3/c17-11-6-3-7-12(18)14(11)19-13(21)8-20-15(22)9-4-1-2-5-10(9)16(20)23/h1-3,6-7,9-10H,4-5,8H2,(H,19,21)/t9-,10-/m0/s1. The number of carbonyl (C=O) groups is 3. The third-order valence-electron chi connectivity index (χ3n) is 4.13. The highest BCUT2D eigenvalue weighted by molar-refractivity contribution is 6.39. The van der Waals surface area contributed by atoms with E-state index < -0.39 is 5.91 Å². The summed E-state index contributed by atoms with van der Waals surface area (Å²) < 4.78 is 0. The fraction of sp³-hybridized carbons (Fsp3) is 0.312. The number of carbonyl (C=O) groups excluding carboxylic acids is 3. The van der Waals surface area contributed by atoms with Gasteiger partial charge in [0.2, 0.25) is 17.7 Å². The van der Waals surface area contributed by atoms with Crippen molar-refractivity contribution >= 4 is 46.6 Å². The van der Waals surface area contributed by atoms with Gasteiger partial charge in [0.15, 0.2) is 0 Å². The Kier molecular flexibility index (Phi) is 4.41. The minimum absolute atomic E-state index is 0.277. The average molecular weight is 353 g/mol. The van der Waals surface area contributed by atoms with E-state index in [0.717, 1.165) is 4.90 Å². The number of likely N-dealkylation sites (tertiary alicyclic amines) is 1. The molecule has 0 saturated carbocycles. The van der Waals surface area contributed by atoms with E-state index in [1.807, 2.05) is 12.2 Å². The van der Waals surface area contributed by atoms with Crippen LogP contribution in [0.5, 0.6) is 0 Å². The van der Waals surface area contributed by atoms with Gasteiger partial charge < -0.3 is 5.32 Å². The topological polar surface area (TPSA) is 66.5 Å². The zero-order chi connectivity index (χ0) is 16.6. The molecule has 7 heteroatoms. The number of fused-ring (bicyclic) bond motifs is 1. The average Bonchev–Trinajstić information content (AvgIpc) is 2.77. The lowest BCUT2D eigenvalue weighted by molar-refractivity contribution is -0.142. The molecule has 1 aromatic carbocycles. The molecule has 0 bridgehead atoms. The first-order chi connectivity index (χ1) is 11.0. The van der Waals surface area contributed by atoms with E-state index in [-0.39, 0.29) is 35.9 Å². The van der Waals surface area contributed by atoms with E-state index in [0.29, 0.717) is 22.9 Å². The molecular weight excluding hydrogens is 339 g/mol. The molecule has 1 heterocycles. The summed E-state index contributed by atoms with van der Waals surface area (Å²) in [6.45, 7) is -0.327. The Balaban J connectivity index is 1.71. The lowest BCUT2D eigenvalue weighted by atomic mass is 9.85. The van der Waals surface area contributed by atoms with Crippen molar-refractivity contribution in [2.24, 2.45) is 11.8 Å². The Hall–Kier alpha value is -1.85. The molecule has 1 aliphatic heterocycles. The van der Waals surface area contributed by atoms with Crippen molar-refractivity contribution in [3.8, 4) is 0 Å². The van der Waals surface area contributed by atoms with E-state index in [1.54, 1.807) is 18.2 Å². The van der Waals surface area contributed by atoms with Crippen LogP contribution in [0.15, 0.2) is 30.4 Å². The van der Waals surface area contributed by atoms with E-state index in [2.05, 4.69) is 5.32 Å². The maximum absolute atomic E-state index is 12.3. The van der Waals surface area contributed by atoms with Crippen molar-refractivity contribution in [1.29, 1.82) is 0 Å². The summed E-state index contributed by atoms with van der Waals surface area (Å²) in [5, 5.41) is 3.15. The first-order valence-corrected chi connectivity index (χ1v) is 7.98. The molecule has 120 valence electrons. The smallest absolute Gasteiger partial charge is 0.244 e. The van der Waals surface area contributed by atoms with Crippen molar-refractivity contribution in [3.05, 3.63) is 40.4 Å². The molecule has 1 N–H and O–H groups in total. The minimum Gasteiger partial charge on any atom is -0.322 e. The summed E-state index contributed by atoms with van der Waals surface area (Å²) in [5.74, 6) is -1.77. The molecule has 0 aromatic heterocycles. The van der Waals surface area contributed by atoms with Gasteiger partial charge in [-0.25, -0.2) is 0 Å². The quantitative estimate of drug-likeness (QED) is 0.671. The van der Waals surface area contributed by atoms with Crippen LogP contribution in [0.1, 0.15) is 12.8 Å². The molecule has 1 aliphatic carbocycles. The van der Waals surface area contributed by atoms with E-state index >= 15 is 0 Å². The van der Waals surface area contributed by atoms with Crippen LogP contribution in [0.4, 0.5) is 5.69 Å². The lowest BCUT2D eigenvalue weighted by Crippen LogP contribution is -2.38. The first-order valence-electron chi connectivity index (χ1n) is 7.23. The van der Waals surface area contributed by atoms with Gasteiger partial charge in [-0.2, -0.15) is 0 Å². The third-order valence-corrected chi connectivity index (χ3v) is 4.76. The van der Waals surface area contributed by atoms with E-state index in [9.17, 15) is 14.4 Å². The van der Waals surface area contributed by atoms with Gasteiger partial charge >= 0.3 is 0 Å². The molecule has 1 fully saturated rings. The number of hydrogen-bond donors (Lipinski definition) is 1. The number of rotatable bonds is 3. The van der Waals surface area contributed by atoms with Crippen molar-refractivity contribution in [2.75, 3.05) is 11.9 Å². The molecule has 3 rings (SSSR count). The monoisotopic (exact) mass is 352 g/mol. The first kappa shape index (κ1) is 16.0. The van der Waals surface area contributed by atoms with Crippen LogP contribution < -0.4 is 5.32 Å². The molecule has 0 radical (unpaired) electrons. The maximum Gasteiger partial charge on any atom is 0.244 e. The molecule has 1 aromatic rings. The minimum atomic E-state index is -0.506. The number of para-hydroxylation sites is 1. The van der Waals surface area contributed by atoms with E-state index in [1.165, 1.54) is 0 Å².